The van der Waals surface area contributed by atoms with Crippen LogP contribution in [0.4, 0.5) is 0 Å². The number of esters is 1. The van der Waals surface area contributed by atoms with Crippen molar-refractivity contribution in [1.29, 1.82) is 0 Å². The normalized spacial score (nSPS) is 38.8. The third-order valence-corrected chi connectivity index (χ3v) is 9.59. The van der Waals surface area contributed by atoms with Gasteiger partial charge in [-0.1, -0.05) is 0 Å². The molecule has 3 unspecified atom stereocenters. The molecule has 6 atom stereocenters. The van der Waals surface area contributed by atoms with Crippen molar-refractivity contribution in [3.63, 3.8) is 0 Å². The maximum atomic E-state index is 12.3. The first kappa shape index (κ1) is 26.1. The van der Waals surface area contributed by atoms with Crippen LogP contribution in [0.1, 0.15) is 11.8 Å². The van der Waals surface area contributed by atoms with Crippen molar-refractivity contribution in [2.75, 3.05) is 13.7 Å². The molecule has 5 N–H and O–H groups in total. The number of nitrogens with one attached hydrogen (secondary N) is 1. The first-order valence-electron chi connectivity index (χ1n) is 8.62. The molecule has 186 valence electrons. The molecule has 0 aliphatic carbocycles. The number of hydrogen-bond acceptors (Lipinski definition) is 14. The van der Waals surface area contributed by atoms with Crippen LogP contribution in [0.3, 0.4) is 0 Å². The molecule has 2 saturated heterocycles. The number of nitrogens with zero attached hydrogens (tertiary/aromatic N) is 1. The predicted molar refractivity (Wildman–Crippen MR) is 99.4 cm³/mol. The molecule has 1 aromatic heterocycles. The molecule has 0 amide bonds. The Morgan fingerprint density at radius 1 is 1.12 bits per heavy atom. The molecule has 0 spiro atoms. The molecule has 33 heavy (non-hydrogen) atoms. The van der Waals surface area contributed by atoms with E-state index in [0.717, 1.165) is 13.3 Å². The smallest absolute Gasteiger partial charge is 0.469 e. The maximum Gasteiger partial charge on any atom is 0.492 e. The lowest BCUT2D eigenvalue weighted by Gasteiger charge is -2.27. The van der Waals surface area contributed by atoms with Gasteiger partial charge in [0.2, 0.25) is 0 Å². The maximum absolute atomic E-state index is 12.3. The zero-order valence-corrected chi connectivity index (χ0v) is 19.0. The number of phosphoric acid groups is 3. The number of hydrogen-bond donors (Lipinski definition) is 5. The number of aliphatic hydroxyl groups is 2. The summed E-state index contributed by atoms with van der Waals surface area (Å²) in [6.07, 6.45) is -6.55. The van der Waals surface area contributed by atoms with Gasteiger partial charge >= 0.3 is 35.1 Å². The number of H-pyrrole nitrogens is 1. The van der Waals surface area contributed by atoms with Gasteiger partial charge in [-0.3, -0.25) is 23.7 Å². The minimum Gasteiger partial charge on any atom is -0.469 e. The van der Waals surface area contributed by atoms with Crippen molar-refractivity contribution in [3.05, 3.63) is 32.6 Å². The van der Waals surface area contributed by atoms with Gasteiger partial charge < -0.3 is 29.5 Å². The molecule has 0 radical (unpaired) electrons. The minimum absolute atomic E-state index is 0.239. The van der Waals surface area contributed by atoms with Crippen molar-refractivity contribution in [2.24, 2.45) is 0 Å². The molecule has 2 aliphatic rings. The summed E-state index contributed by atoms with van der Waals surface area (Å²) in [4.78, 5) is 55.8. The number of aliphatic hydroxyl groups excluding tert-OH is 2. The Bertz CT molecular complexity index is 1160. The molecule has 21 heteroatoms. The number of carbonyl (C=O) groups excluding carboxylic acids is 1. The van der Waals surface area contributed by atoms with Gasteiger partial charge in [0.25, 0.3) is 5.56 Å². The van der Waals surface area contributed by atoms with Crippen LogP contribution < -0.4 is 11.2 Å². The SMILES string of the molecule is COC(=O)Cc1cn([C@@H]2O[C@H](COP3(=O)OP(=O)(O)OP(=O)(O)O3)[C@H](O)C2O)c(=O)[nH]c1=O. The first-order chi connectivity index (χ1) is 15.2. The average molecular weight is 538 g/mol. The van der Waals surface area contributed by atoms with Crippen LogP contribution in [0.5, 0.6) is 0 Å². The van der Waals surface area contributed by atoms with E-state index in [4.69, 9.17) is 4.74 Å². The lowest BCUT2D eigenvalue weighted by Crippen LogP contribution is -2.39. The largest absolute Gasteiger partial charge is 0.492 e. The number of aromatic amines is 1. The van der Waals surface area contributed by atoms with E-state index in [1.807, 2.05) is 4.98 Å². The van der Waals surface area contributed by atoms with Crippen molar-refractivity contribution in [1.82, 2.24) is 9.55 Å². The van der Waals surface area contributed by atoms with Gasteiger partial charge in [0.15, 0.2) is 6.23 Å². The van der Waals surface area contributed by atoms with Gasteiger partial charge in [-0.2, -0.15) is 12.9 Å². The Hall–Kier alpha value is -1.52. The zero-order valence-electron chi connectivity index (χ0n) is 16.3. The number of methoxy groups -OCH3 is 1. The van der Waals surface area contributed by atoms with Crippen molar-refractivity contribution in [3.8, 4) is 0 Å². The van der Waals surface area contributed by atoms with E-state index < -0.39 is 78.3 Å². The van der Waals surface area contributed by atoms with Gasteiger partial charge in [-0.05, 0) is 0 Å². The lowest BCUT2D eigenvalue weighted by atomic mass is 10.1. The Kier molecular flexibility index (Phi) is 7.32. The van der Waals surface area contributed by atoms with Crippen LogP contribution in [-0.4, -0.2) is 67.5 Å². The van der Waals surface area contributed by atoms with Crippen molar-refractivity contribution >= 4 is 29.4 Å². The van der Waals surface area contributed by atoms with E-state index in [-0.39, 0.29) is 5.56 Å². The van der Waals surface area contributed by atoms with Gasteiger partial charge in [0, 0.05) is 11.8 Å². The number of carbonyl (C=O) groups is 1. The van der Waals surface area contributed by atoms with E-state index in [0.29, 0.717) is 4.57 Å². The van der Waals surface area contributed by atoms with Crippen LogP contribution in [0.15, 0.2) is 15.8 Å². The Balaban J connectivity index is 1.79. The highest BCUT2D eigenvalue weighted by molar-refractivity contribution is 7.74. The number of rotatable bonds is 6. The lowest BCUT2D eigenvalue weighted by molar-refractivity contribution is -0.139. The number of ether oxygens (including phenoxy) is 2. The second kappa shape index (κ2) is 9.26. The first-order valence-corrected chi connectivity index (χ1v) is 13.1. The summed E-state index contributed by atoms with van der Waals surface area (Å²) in [5.41, 5.74) is -2.24. The van der Waals surface area contributed by atoms with Crippen molar-refractivity contribution < 1.29 is 65.4 Å². The molecule has 3 heterocycles. The summed E-state index contributed by atoms with van der Waals surface area (Å²) in [7, 11) is -14.7. The van der Waals surface area contributed by atoms with E-state index in [2.05, 4.69) is 22.2 Å². The van der Waals surface area contributed by atoms with Crippen molar-refractivity contribution in [2.45, 2.75) is 31.0 Å². The fourth-order valence-electron chi connectivity index (χ4n) is 2.81. The minimum atomic E-state index is -5.31. The Morgan fingerprint density at radius 2 is 1.73 bits per heavy atom. The van der Waals surface area contributed by atoms with E-state index >= 15 is 0 Å². The van der Waals surface area contributed by atoms with Gasteiger partial charge in [-0.15, -0.1) is 0 Å². The highest BCUT2D eigenvalue weighted by atomic mass is 31.3. The van der Waals surface area contributed by atoms with E-state index in [1.54, 1.807) is 0 Å². The standard InChI is InChI=1S/C12H17N2O16P3/c1-25-7(15)2-5-3-14(12(19)13-10(5)18)11-9(17)8(16)6(27-11)4-26-33(24)29-31(20,21)28-32(22,23)30-33/h3,6,8-9,11,16-17H,2,4H2,1H3,(H,20,21)(H,22,23)(H,13,18,19)/t6-,8+,9?,11-/m1/s1. The summed E-state index contributed by atoms with van der Waals surface area (Å²) in [5, 5.41) is 20.5. The Morgan fingerprint density at radius 3 is 2.30 bits per heavy atom. The molecule has 0 saturated carbocycles. The molecule has 2 fully saturated rings. The fraction of sp³-hybridized carbons (Fsp3) is 0.583. The van der Waals surface area contributed by atoms with Crippen LogP contribution in [0, 0.1) is 0 Å². The number of aromatic nitrogens is 2. The molecule has 2 aliphatic heterocycles. The quantitative estimate of drug-likeness (QED) is 0.199. The topological polar surface area (TPSA) is 259 Å². The average Bonchev–Trinajstić information content (AvgIpc) is 2.94. The highest BCUT2D eigenvalue weighted by Crippen LogP contribution is 2.80. The molecule has 0 aromatic carbocycles. The third-order valence-electron chi connectivity index (χ3n) is 4.23. The second-order valence-electron chi connectivity index (χ2n) is 6.55. The van der Waals surface area contributed by atoms with Gasteiger partial charge in [0.05, 0.1) is 20.1 Å². The van der Waals surface area contributed by atoms with Crippen LogP contribution in [0.25, 0.3) is 0 Å². The molecule has 3 rings (SSSR count). The summed E-state index contributed by atoms with van der Waals surface area (Å²) in [6.45, 7) is -1.00. The Labute approximate surface area is 182 Å². The van der Waals surface area contributed by atoms with Gasteiger partial charge in [0.1, 0.15) is 18.3 Å². The monoisotopic (exact) mass is 538 g/mol. The van der Waals surface area contributed by atoms with Gasteiger partial charge in [-0.25, -0.2) is 18.5 Å². The highest BCUT2D eigenvalue weighted by Gasteiger charge is 2.55. The molecule has 0 bridgehead atoms. The summed E-state index contributed by atoms with van der Waals surface area (Å²) in [6, 6.07) is 0. The molecule has 18 nitrogen and oxygen atoms in total. The molecular weight excluding hydrogens is 521 g/mol. The van der Waals surface area contributed by atoms with Crippen LogP contribution >= 0.6 is 23.5 Å². The van der Waals surface area contributed by atoms with Crippen LogP contribution in [-0.2, 0) is 51.8 Å². The summed E-state index contributed by atoms with van der Waals surface area (Å²) in [5.74, 6) is -0.812. The third kappa shape index (κ3) is 5.95. The van der Waals surface area contributed by atoms with E-state index in [9.17, 15) is 48.1 Å². The molecule has 1 aromatic rings. The second-order valence-corrected chi connectivity index (χ2v) is 11.5. The zero-order chi connectivity index (χ0) is 24.8. The summed E-state index contributed by atoms with van der Waals surface area (Å²) >= 11 is 0. The fourth-order valence-corrected chi connectivity index (χ4v) is 7.74. The molecular formula is C12H17N2O16P3. The summed E-state index contributed by atoms with van der Waals surface area (Å²) < 4.78 is 62.0. The van der Waals surface area contributed by atoms with E-state index in [1.165, 1.54) is 0 Å². The van der Waals surface area contributed by atoms with Crippen LogP contribution in [0.2, 0.25) is 0 Å². The predicted octanol–water partition coefficient (Wildman–Crippen LogP) is -1.74.